The van der Waals surface area contributed by atoms with Gasteiger partial charge in [0.25, 0.3) is 6.29 Å². The summed E-state index contributed by atoms with van der Waals surface area (Å²) in [5.41, 5.74) is 7.74. The van der Waals surface area contributed by atoms with E-state index in [2.05, 4.69) is 34.1 Å². The van der Waals surface area contributed by atoms with Crippen molar-refractivity contribution in [3.8, 4) is 5.75 Å². The van der Waals surface area contributed by atoms with Crippen LogP contribution in [0.5, 0.6) is 5.75 Å². The number of benzene rings is 1. The SMILES string of the molecule is CC1(C)OC[C@H](ON=Cc2cccc(OC=C3C=CC4=C(C3)CC3C(=O)OCC3=C4c3ccsc3)c2)O1. The molecule has 2 saturated heterocycles. The van der Waals surface area contributed by atoms with E-state index in [4.69, 9.17) is 23.8 Å². The summed E-state index contributed by atoms with van der Waals surface area (Å²) in [5, 5.41) is 8.23. The zero-order valence-electron chi connectivity index (χ0n) is 20.6. The van der Waals surface area contributed by atoms with Gasteiger partial charge < -0.3 is 23.8 Å². The van der Waals surface area contributed by atoms with Gasteiger partial charge in [-0.05, 0) is 89.1 Å². The highest BCUT2D eigenvalue weighted by Gasteiger charge is 2.40. The first kappa shape index (κ1) is 23.9. The van der Waals surface area contributed by atoms with E-state index >= 15 is 0 Å². The first-order valence-electron chi connectivity index (χ1n) is 12.2. The molecule has 0 amide bonds. The van der Waals surface area contributed by atoms with Crippen molar-refractivity contribution in [2.45, 2.75) is 38.8 Å². The molecule has 0 bridgehead atoms. The molecule has 8 heteroatoms. The molecule has 1 unspecified atom stereocenters. The maximum absolute atomic E-state index is 12.4. The molecule has 6 rings (SSSR count). The van der Waals surface area contributed by atoms with E-state index in [1.165, 1.54) is 11.1 Å². The molecule has 190 valence electrons. The number of thiophene rings is 1. The molecule has 2 fully saturated rings. The van der Waals surface area contributed by atoms with Crippen LogP contribution in [0.1, 0.15) is 37.8 Å². The standard InChI is InChI=1S/C29H27NO6S/c1-29(2)34-16-26(35-29)36-30-13-18-4-3-5-22(11-18)32-14-19-6-7-23-21(10-19)12-24-25(15-33-28(24)31)27(23)20-8-9-37-17-20/h3-9,11,13-14,17,24,26H,10,12,15-16H2,1-2H3/t24?,26-/m0/s1. The number of carbonyl (C=O) groups excluding carboxylic acids is 1. The summed E-state index contributed by atoms with van der Waals surface area (Å²) in [6, 6.07) is 9.70. The van der Waals surface area contributed by atoms with Crippen LogP contribution in [0.4, 0.5) is 0 Å². The zero-order valence-corrected chi connectivity index (χ0v) is 21.5. The Morgan fingerprint density at radius 1 is 1.22 bits per heavy atom. The maximum Gasteiger partial charge on any atom is 0.313 e. The van der Waals surface area contributed by atoms with Gasteiger partial charge in [0.05, 0.1) is 18.4 Å². The van der Waals surface area contributed by atoms with E-state index in [-0.39, 0.29) is 11.9 Å². The number of cyclic esters (lactones) is 1. The summed E-state index contributed by atoms with van der Waals surface area (Å²) >= 11 is 1.66. The van der Waals surface area contributed by atoms with E-state index in [1.54, 1.807) is 23.8 Å². The lowest BCUT2D eigenvalue weighted by atomic mass is 9.74. The van der Waals surface area contributed by atoms with Crippen LogP contribution >= 0.6 is 11.3 Å². The summed E-state index contributed by atoms with van der Waals surface area (Å²) in [7, 11) is 0. The van der Waals surface area contributed by atoms with E-state index in [1.807, 2.05) is 38.1 Å². The van der Waals surface area contributed by atoms with Crippen LogP contribution in [0.15, 0.2) is 87.0 Å². The van der Waals surface area contributed by atoms with Gasteiger partial charge in [0.15, 0.2) is 5.79 Å². The smallest absolute Gasteiger partial charge is 0.313 e. The minimum absolute atomic E-state index is 0.121. The van der Waals surface area contributed by atoms with E-state index in [0.717, 1.165) is 34.3 Å². The molecule has 37 heavy (non-hydrogen) atoms. The minimum atomic E-state index is -0.659. The van der Waals surface area contributed by atoms with Crippen molar-refractivity contribution < 1.29 is 28.6 Å². The van der Waals surface area contributed by atoms with Crippen LogP contribution in [-0.4, -0.2) is 37.5 Å². The predicted molar refractivity (Wildman–Crippen MR) is 140 cm³/mol. The van der Waals surface area contributed by atoms with Crippen LogP contribution in [0.3, 0.4) is 0 Å². The largest absolute Gasteiger partial charge is 0.465 e. The Labute approximate surface area is 219 Å². The number of nitrogens with zero attached hydrogens (tertiary/aromatic N) is 1. The van der Waals surface area contributed by atoms with Crippen LogP contribution in [0.25, 0.3) is 5.57 Å². The van der Waals surface area contributed by atoms with Gasteiger partial charge in [0, 0.05) is 0 Å². The molecule has 4 aliphatic rings. The van der Waals surface area contributed by atoms with E-state index < -0.39 is 12.1 Å². The van der Waals surface area contributed by atoms with Crippen molar-refractivity contribution in [1.82, 2.24) is 0 Å². The number of rotatable bonds is 6. The van der Waals surface area contributed by atoms with Crippen molar-refractivity contribution in [3.05, 3.63) is 92.9 Å². The Hall–Kier alpha value is -3.46. The molecule has 0 N–H and O–H groups in total. The summed E-state index contributed by atoms with van der Waals surface area (Å²) in [6.45, 7) is 4.39. The van der Waals surface area contributed by atoms with Gasteiger partial charge in [-0.15, -0.1) is 0 Å². The molecule has 1 aromatic carbocycles. The molecule has 7 nitrogen and oxygen atoms in total. The monoisotopic (exact) mass is 517 g/mol. The highest BCUT2D eigenvalue weighted by Crippen LogP contribution is 2.47. The molecular weight excluding hydrogens is 490 g/mol. The lowest BCUT2D eigenvalue weighted by Crippen LogP contribution is -2.21. The van der Waals surface area contributed by atoms with E-state index in [9.17, 15) is 4.79 Å². The van der Waals surface area contributed by atoms with Gasteiger partial charge in [-0.1, -0.05) is 35.0 Å². The summed E-state index contributed by atoms with van der Waals surface area (Å²) in [6.07, 6.45) is 8.52. The van der Waals surface area contributed by atoms with Gasteiger partial charge in [0.2, 0.25) is 0 Å². The molecule has 2 aromatic rings. The number of oxime groups is 1. The molecule has 1 aromatic heterocycles. The zero-order chi connectivity index (χ0) is 25.4. The lowest BCUT2D eigenvalue weighted by molar-refractivity contribution is -0.190. The van der Waals surface area contributed by atoms with Gasteiger partial charge in [0.1, 0.15) is 19.0 Å². The van der Waals surface area contributed by atoms with Gasteiger partial charge in [-0.25, -0.2) is 0 Å². The number of esters is 1. The van der Waals surface area contributed by atoms with Crippen molar-refractivity contribution in [2.24, 2.45) is 11.1 Å². The first-order valence-corrected chi connectivity index (χ1v) is 13.2. The van der Waals surface area contributed by atoms with Gasteiger partial charge >= 0.3 is 5.97 Å². The second kappa shape index (κ2) is 9.78. The third-order valence-corrected chi connectivity index (χ3v) is 7.44. The van der Waals surface area contributed by atoms with Crippen molar-refractivity contribution in [3.63, 3.8) is 0 Å². The molecule has 0 spiro atoms. The molecule has 3 heterocycles. The number of allylic oxidation sites excluding steroid dienone is 6. The Kier molecular flexibility index (Phi) is 6.32. The molecule has 0 saturated carbocycles. The van der Waals surface area contributed by atoms with Crippen LogP contribution in [0, 0.1) is 5.92 Å². The lowest BCUT2D eigenvalue weighted by Gasteiger charge is -2.28. The number of ether oxygens (including phenoxy) is 4. The number of hydrogen-bond acceptors (Lipinski definition) is 8. The summed E-state index contributed by atoms with van der Waals surface area (Å²) in [5.74, 6) is -0.277. The molecule has 2 aliphatic heterocycles. The molecule has 2 aliphatic carbocycles. The van der Waals surface area contributed by atoms with Crippen LogP contribution in [0.2, 0.25) is 0 Å². The molecule has 2 atom stereocenters. The second-order valence-corrected chi connectivity index (χ2v) is 10.6. The first-order chi connectivity index (χ1) is 17.9. The van der Waals surface area contributed by atoms with Gasteiger partial charge in [-0.2, -0.15) is 11.3 Å². The number of hydrogen-bond donors (Lipinski definition) is 0. The predicted octanol–water partition coefficient (Wildman–Crippen LogP) is 5.76. The normalized spacial score (nSPS) is 25.6. The quantitative estimate of drug-likeness (QED) is 0.210. The Morgan fingerprint density at radius 3 is 2.95 bits per heavy atom. The minimum Gasteiger partial charge on any atom is -0.465 e. The Bertz CT molecular complexity index is 1360. The summed E-state index contributed by atoms with van der Waals surface area (Å²) < 4.78 is 22.5. The highest BCUT2D eigenvalue weighted by atomic mass is 32.1. The fourth-order valence-corrected chi connectivity index (χ4v) is 5.67. The molecular formula is C29H27NO6S. The van der Waals surface area contributed by atoms with E-state index in [0.29, 0.717) is 25.4 Å². The number of carbonyl (C=O) groups is 1. The second-order valence-electron chi connectivity index (χ2n) is 9.79. The third-order valence-electron chi connectivity index (χ3n) is 6.76. The topological polar surface area (TPSA) is 75.6 Å². The fourth-order valence-electron chi connectivity index (χ4n) is 5.02. The number of fused-ring (bicyclic) bond motifs is 1. The van der Waals surface area contributed by atoms with Crippen molar-refractivity contribution >= 4 is 29.1 Å². The highest BCUT2D eigenvalue weighted by molar-refractivity contribution is 7.08. The average Bonchev–Trinajstić information content (AvgIpc) is 3.63. The van der Waals surface area contributed by atoms with Gasteiger partial charge in [-0.3, -0.25) is 4.79 Å². The fraction of sp³-hybridized carbons (Fsp3) is 0.310. The average molecular weight is 518 g/mol. The van der Waals surface area contributed by atoms with Crippen LogP contribution < -0.4 is 4.74 Å². The van der Waals surface area contributed by atoms with Crippen molar-refractivity contribution in [2.75, 3.05) is 13.2 Å². The third kappa shape index (κ3) is 5.05. The Morgan fingerprint density at radius 2 is 2.14 bits per heavy atom. The Balaban J connectivity index is 1.14. The molecule has 0 radical (unpaired) electrons. The summed E-state index contributed by atoms with van der Waals surface area (Å²) in [4.78, 5) is 17.8. The van der Waals surface area contributed by atoms with Crippen molar-refractivity contribution in [1.29, 1.82) is 0 Å². The maximum atomic E-state index is 12.4. The van der Waals surface area contributed by atoms with Crippen LogP contribution in [-0.2, 0) is 23.8 Å².